The molecule has 6 heteroatoms. The average molecular weight is 332 g/mol. The zero-order valence-corrected chi connectivity index (χ0v) is 13.7. The number of nitrogens with one attached hydrogen (secondary N) is 1. The van der Waals surface area contributed by atoms with Crippen molar-refractivity contribution in [2.75, 3.05) is 26.2 Å². The minimum absolute atomic E-state index is 0.135. The second kappa shape index (κ2) is 7.77. The molecule has 0 radical (unpaired) electrons. The molecule has 2 N–H and O–H groups in total. The van der Waals surface area contributed by atoms with Crippen LogP contribution in [0.1, 0.15) is 46.4 Å². The van der Waals surface area contributed by atoms with Gasteiger partial charge in [0.05, 0.1) is 11.7 Å². The predicted molar refractivity (Wildman–Crippen MR) is 89.3 cm³/mol. The molecular formula is C18H24N2O4. The van der Waals surface area contributed by atoms with Crippen LogP contribution < -0.4 is 5.32 Å². The number of likely N-dealkylation sites (tertiary alicyclic amines) is 1. The normalized spacial score (nSPS) is 22.4. The highest BCUT2D eigenvalue weighted by atomic mass is 16.5. The summed E-state index contributed by atoms with van der Waals surface area (Å²) in [5.41, 5.74) is 0.691. The third kappa shape index (κ3) is 4.33. The van der Waals surface area contributed by atoms with Gasteiger partial charge in [0.15, 0.2) is 0 Å². The number of ether oxygens (including phenoxy) is 1. The van der Waals surface area contributed by atoms with Crippen LogP contribution in [-0.2, 0) is 4.74 Å². The first-order chi connectivity index (χ1) is 11.6. The number of hydrogen-bond acceptors (Lipinski definition) is 4. The Labute approximate surface area is 141 Å². The Balaban J connectivity index is 1.45. The van der Waals surface area contributed by atoms with E-state index in [9.17, 15) is 9.59 Å². The van der Waals surface area contributed by atoms with Crippen LogP contribution in [0.5, 0.6) is 0 Å². The summed E-state index contributed by atoms with van der Waals surface area (Å²) in [6, 6.07) is 6.22. The van der Waals surface area contributed by atoms with Gasteiger partial charge in [-0.3, -0.25) is 4.79 Å². The quantitative estimate of drug-likeness (QED) is 0.859. The maximum atomic E-state index is 12.3. The lowest BCUT2D eigenvalue weighted by molar-refractivity contribution is 0.0613. The predicted octanol–water partition coefficient (Wildman–Crippen LogP) is 1.76. The van der Waals surface area contributed by atoms with E-state index < -0.39 is 5.97 Å². The molecule has 130 valence electrons. The second-order valence-electron chi connectivity index (χ2n) is 6.57. The van der Waals surface area contributed by atoms with Crippen LogP contribution in [0.15, 0.2) is 24.3 Å². The third-order valence-corrected chi connectivity index (χ3v) is 4.80. The van der Waals surface area contributed by atoms with Crippen molar-refractivity contribution in [3.63, 3.8) is 0 Å². The smallest absolute Gasteiger partial charge is 0.335 e. The van der Waals surface area contributed by atoms with Crippen LogP contribution in [0.2, 0.25) is 0 Å². The van der Waals surface area contributed by atoms with E-state index in [1.807, 2.05) is 0 Å². The third-order valence-electron chi connectivity index (χ3n) is 4.80. The Bertz CT molecular complexity index is 573. The Morgan fingerprint density at radius 1 is 1.12 bits per heavy atom. The molecule has 1 aromatic rings. The molecule has 1 atom stereocenters. The van der Waals surface area contributed by atoms with E-state index in [0.717, 1.165) is 51.9 Å². The van der Waals surface area contributed by atoms with Crippen molar-refractivity contribution in [1.29, 1.82) is 0 Å². The van der Waals surface area contributed by atoms with Crippen molar-refractivity contribution in [2.45, 2.75) is 37.8 Å². The zero-order valence-electron chi connectivity index (χ0n) is 13.7. The van der Waals surface area contributed by atoms with Gasteiger partial charge in [0.2, 0.25) is 0 Å². The van der Waals surface area contributed by atoms with Crippen molar-refractivity contribution >= 4 is 11.9 Å². The summed E-state index contributed by atoms with van der Waals surface area (Å²) in [5.74, 6) is -1.12. The van der Waals surface area contributed by atoms with Gasteiger partial charge in [-0.15, -0.1) is 0 Å². The molecule has 2 saturated heterocycles. The molecule has 6 nitrogen and oxygen atoms in total. The van der Waals surface area contributed by atoms with Crippen LogP contribution in [0.25, 0.3) is 0 Å². The van der Waals surface area contributed by atoms with Gasteiger partial charge < -0.3 is 20.1 Å². The van der Waals surface area contributed by atoms with E-state index in [2.05, 4.69) is 10.2 Å². The highest BCUT2D eigenvalue weighted by molar-refractivity contribution is 5.96. The number of amides is 1. The fraction of sp³-hybridized carbons (Fsp3) is 0.556. The van der Waals surface area contributed by atoms with E-state index in [0.29, 0.717) is 11.7 Å². The number of rotatable bonds is 5. The molecule has 1 aromatic carbocycles. The Morgan fingerprint density at radius 3 is 2.38 bits per heavy atom. The summed E-state index contributed by atoms with van der Waals surface area (Å²) in [6.07, 6.45) is 4.57. The fourth-order valence-electron chi connectivity index (χ4n) is 3.37. The van der Waals surface area contributed by atoms with Gasteiger partial charge in [0.25, 0.3) is 5.91 Å². The van der Waals surface area contributed by atoms with E-state index in [-0.39, 0.29) is 17.5 Å². The SMILES string of the molecule is O=C(O)c1ccc(C(=O)NC2CCN(CC3CCCO3)CC2)cc1. The summed E-state index contributed by atoms with van der Waals surface area (Å²) in [6.45, 7) is 3.83. The van der Waals surface area contributed by atoms with Gasteiger partial charge in [0, 0.05) is 37.8 Å². The minimum Gasteiger partial charge on any atom is -0.478 e. The van der Waals surface area contributed by atoms with Gasteiger partial charge in [-0.05, 0) is 49.9 Å². The lowest BCUT2D eigenvalue weighted by atomic mass is 10.0. The Hall–Kier alpha value is -1.92. The van der Waals surface area contributed by atoms with Crippen molar-refractivity contribution in [2.24, 2.45) is 0 Å². The Kier molecular flexibility index (Phi) is 5.48. The topological polar surface area (TPSA) is 78.9 Å². The number of carbonyl (C=O) groups is 2. The number of hydrogen-bond donors (Lipinski definition) is 2. The molecule has 0 aromatic heterocycles. The first-order valence-corrected chi connectivity index (χ1v) is 8.60. The molecule has 2 fully saturated rings. The van der Waals surface area contributed by atoms with E-state index >= 15 is 0 Å². The number of carbonyl (C=O) groups excluding carboxylic acids is 1. The molecule has 0 bridgehead atoms. The molecule has 2 aliphatic heterocycles. The van der Waals surface area contributed by atoms with Gasteiger partial charge in [-0.1, -0.05) is 0 Å². The van der Waals surface area contributed by atoms with Gasteiger partial charge in [0.1, 0.15) is 0 Å². The number of benzene rings is 1. The van der Waals surface area contributed by atoms with Gasteiger partial charge in [-0.2, -0.15) is 0 Å². The molecular weight excluding hydrogens is 308 g/mol. The molecule has 0 saturated carbocycles. The van der Waals surface area contributed by atoms with Crippen LogP contribution in [-0.4, -0.2) is 60.3 Å². The van der Waals surface area contributed by atoms with Crippen LogP contribution in [0, 0.1) is 0 Å². The summed E-state index contributed by atoms with van der Waals surface area (Å²) in [7, 11) is 0. The van der Waals surface area contributed by atoms with Crippen LogP contribution in [0.3, 0.4) is 0 Å². The van der Waals surface area contributed by atoms with E-state index in [1.165, 1.54) is 12.1 Å². The lowest BCUT2D eigenvalue weighted by Gasteiger charge is -2.33. The number of carboxylic acids is 1. The Morgan fingerprint density at radius 2 is 1.79 bits per heavy atom. The van der Waals surface area contributed by atoms with Crippen LogP contribution in [0.4, 0.5) is 0 Å². The van der Waals surface area contributed by atoms with E-state index in [4.69, 9.17) is 9.84 Å². The highest BCUT2D eigenvalue weighted by Gasteiger charge is 2.24. The van der Waals surface area contributed by atoms with Gasteiger partial charge >= 0.3 is 5.97 Å². The monoisotopic (exact) mass is 332 g/mol. The minimum atomic E-state index is -0.986. The van der Waals surface area contributed by atoms with Crippen molar-refractivity contribution in [1.82, 2.24) is 10.2 Å². The molecule has 2 heterocycles. The first kappa shape index (κ1) is 16.9. The largest absolute Gasteiger partial charge is 0.478 e. The summed E-state index contributed by atoms with van der Waals surface area (Å²) in [5, 5.41) is 11.9. The molecule has 1 unspecified atom stereocenters. The summed E-state index contributed by atoms with van der Waals surface area (Å²) >= 11 is 0. The van der Waals surface area contributed by atoms with Crippen molar-refractivity contribution in [3.8, 4) is 0 Å². The fourth-order valence-corrected chi connectivity index (χ4v) is 3.37. The van der Waals surface area contributed by atoms with Crippen LogP contribution >= 0.6 is 0 Å². The molecule has 1 amide bonds. The van der Waals surface area contributed by atoms with Crippen molar-refractivity contribution < 1.29 is 19.4 Å². The number of aromatic carboxylic acids is 1. The zero-order chi connectivity index (χ0) is 16.9. The van der Waals surface area contributed by atoms with Crippen molar-refractivity contribution in [3.05, 3.63) is 35.4 Å². The molecule has 0 aliphatic carbocycles. The number of carboxylic acid groups (broad SMARTS) is 1. The molecule has 24 heavy (non-hydrogen) atoms. The standard InChI is InChI=1S/C18H24N2O4/c21-17(13-3-5-14(6-4-13)18(22)23)19-15-7-9-20(10-8-15)12-16-2-1-11-24-16/h3-6,15-16H,1-2,7-12H2,(H,19,21)(H,22,23). The maximum Gasteiger partial charge on any atom is 0.335 e. The van der Waals surface area contributed by atoms with Gasteiger partial charge in [-0.25, -0.2) is 4.79 Å². The molecule has 2 aliphatic rings. The number of nitrogens with zero attached hydrogens (tertiary/aromatic N) is 1. The second-order valence-corrected chi connectivity index (χ2v) is 6.57. The van der Waals surface area contributed by atoms with E-state index in [1.54, 1.807) is 12.1 Å². The molecule has 0 spiro atoms. The maximum absolute atomic E-state index is 12.3. The summed E-state index contributed by atoms with van der Waals surface area (Å²) in [4.78, 5) is 25.5. The highest BCUT2D eigenvalue weighted by Crippen LogP contribution is 2.17. The number of piperidine rings is 1. The average Bonchev–Trinajstić information content (AvgIpc) is 3.09. The molecule has 3 rings (SSSR count). The first-order valence-electron chi connectivity index (χ1n) is 8.60. The lowest BCUT2D eigenvalue weighted by Crippen LogP contribution is -2.46. The summed E-state index contributed by atoms with van der Waals surface area (Å²) < 4.78 is 5.68.